The molecule has 0 unspecified atom stereocenters. The Balaban J connectivity index is 2.77. The van der Waals surface area contributed by atoms with Crippen LogP contribution in [-0.2, 0) is 4.79 Å². The molecule has 0 saturated carbocycles. The number of hydrogen-bond donors (Lipinski definition) is 1. The second-order valence-electron chi connectivity index (χ2n) is 4.87. The minimum absolute atomic E-state index is 0.179. The first-order valence-corrected chi connectivity index (χ1v) is 6.58. The van der Waals surface area contributed by atoms with Crippen LogP contribution in [0.4, 0.5) is 5.69 Å². The minimum Gasteiger partial charge on any atom is -0.320 e. The summed E-state index contributed by atoms with van der Waals surface area (Å²) in [5.41, 5.74) is 2.25. The van der Waals surface area contributed by atoms with Gasteiger partial charge in [-0.05, 0) is 37.6 Å². The Kier molecular flexibility index (Phi) is 5.86. The molecule has 0 saturated heterocycles. The van der Waals surface area contributed by atoms with Gasteiger partial charge in [0.05, 0.1) is 0 Å². The molecule has 0 aromatic heterocycles. The third-order valence-corrected chi connectivity index (χ3v) is 3.11. The maximum atomic E-state index is 12.1. The number of hydrogen-bond acceptors (Lipinski definition) is 2. The monoisotopic (exact) mass is 248 g/mol. The molecule has 0 radical (unpaired) electrons. The maximum Gasteiger partial charge on any atom is 0.226 e. The van der Waals surface area contributed by atoms with Crippen LogP contribution in [0.15, 0.2) is 24.3 Å². The molecule has 0 aliphatic heterocycles. The predicted octanol–water partition coefficient (Wildman–Crippen LogP) is 2.77. The van der Waals surface area contributed by atoms with E-state index in [0.717, 1.165) is 18.7 Å². The highest BCUT2D eigenvalue weighted by Crippen LogP contribution is 2.26. The normalized spacial score (nSPS) is 10.7. The third-order valence-electron chi connectivity index (χ3n) is 3.11. The Morgan fingerprint density at radius 2 is 2.00 bits per heavy atom. The fourth-order valence-corrected chi connectivity index (χ4v) is 2.00. The molecule has 3 nitrogen and oxygen atoms in total. The van der Waals surface area contributed by atoms with E-state index in [4.69, 9.17) is 0 Å². The van der Waals surface area contributed by atoms with Crippen molar-refractivity contribution in [3.63, 3.8) is 0 Å². The molecule has 18 heavy (non-hydrogen) atoms. The Hall–Kier alpha value is -1.35. The first-order valence-electron chi connectivity index (χ1n) is 6.58. The van der Waals surface area contributed by atoms with Crippen molar-refractivity contribution in [2.45, 2.75) is 32.6 Å². The summed E-state index contributed by atoms with van der Waals surface area (Å²) in [6, 6.07) is 8.12. The summed E-state index contributed by atoms with van der Waals surface area (Å²) in [5.74, 6) is 0.604. The summed E-state index contributed by atoms with van der Waals surface area (Å²) >= 11 is 0. The van der Waals surface area contributed by atoms with E-state index in [0.29, 0.717) is 12.3 Å². The van der Waals surface area contributed by atoms with Crippen LogP contribution in [-0.4, -0.2) is 26.5 Å². The molecule has 0 aliphatic rings. The Bertz CT molecular complexity index is 388. The second kappa shape index (κ2) is 7.17. The molecule has 1 rings (SSSR count). The van der Waals surface area contributed by atoms with Gasteiger partial charge >= 0.3 is 0 Å². The molecule has 0 heterocycles. The van der Waals surface area contributed by atoms with Gasteiger partial charge in [-0.15, -0.1) is 0 Å². The summed E-state index contributed by atoms with van der Waals surface area (Å²) in [4.78, 5) is 13.9. The van der Waals surface area contributed by atoms with Gasteiger partial charge in [-0.2, -0.15) is 0 Å². The summed E-state index contributed by atoms with van der Waals surface area (Å²) in [6.07, 6.45) is 1.47. The van der Waals surface area contributed by atoms with Gasteiger partial charge in [-0.3, -0.25) is 4.79 Å². The van der Waals surface area contributed by atoms with Crippen molar-refractivity contribution in [2.24, 2.45) is 0 Å². The average molecular weight is 248 g/mol. The van der Waals surface area contributed by atoms with Crippen molar-refractivity contribution in [1.29, 1.82) is 0 Å². The zero-order valence-electron chi connectivity index (χ0n) is 11.9. The molecular formula is C15H24N2O. The van der Waals surface area contributed by atoms with Gasteiger partial charge in [0.1, 0.15) is 0 Å². The fourth-order valence-electron chi connectivity index (χ4n) is 2.00. The summed E-state index contributed by atoms with van der Waals surface area (Å²) in [7, 11) is 3.77. The number of amides is 1. The Labute approximate surface area is 110 Å². The van der Waals surface area contributed by atoms with Crippen molar-refractivity contribution in [3.05, 3.63) is 29.8 Å². The quantitative estimate of drug-likeness (QED) is 0.785. The van der Waals surface area contributed by atoms with E-state index in [2.05, 4.69) is 25.2 Å². The van der Waals surface area contributed by atoms with Gasteiger partial charge < -0.3 is 10.2 Å². The fraction of sp³-hybridized carbons (Fsp3) is 0.533. The van der Waals surface area contributed by atoms with Crippen molar-refractivity contribution >= 4 is 11.6 Å². The molecule has 100 valence electrons. The summed E-state index contributed by atoms with van der Waals surface area (Å²) in [5, 5.41) is 3.06. The highest BCUT2D eigenvalue weighted by Gasteiger charge is 2.15. The second-order valence-corrected chi connectivity index (χ2v) is 4.87. The predicted molar refractivity (Wildman–Crippen MR) is 77.1 cm³/mol. The molecule has 0 fully saturated rings. The van der Waals surface area contributed by atoms with E-state index in [-0.39, 0.29) is 5.91 Å². The third kappa shape index (κ3) is 3.84. The van der Waals surface area contributed by atoms with E-state index >= 15 is 0 Å². The SMILES string of the molecule is CNCCCC(=O)N(C)c1ccccc1C(C)C. The van der Waals surface area contributed by atoms with Gasteiger partial charge in [-0.25, -0.2) is 0 Å². The molecule has 1 aromatic rings. The first kappa shape index (κ1) is 14.7. The zero-order chi connectivity index (χ0) is 13.5. The van der Waals surface area contributed by atoms with Gasteiger partial charge in [0.15, 0.2) is 0 Å². The highest BCUT2D eigenvalue weighted by molar-refractivity contribution is 5.93. The minimum atomic E-state index is 0.179. The molecular weight excluding hydrogens is 224 g/mol. The molecule has 1 amide bonds. The van der Waals surface area contributed by atoms with Crippen LogP contribution < -0.4 is 10.2 Å². The van der Waals surface area contributed by atoms with Gasteiger partial charge in [0.25, 0.3) is 0 Å². The number of nitrogens with zero attached hydrogens (tertiary/aromatic N) is 1. The zero-order valence-corrected chi connectivity index (χ0v) is 11.9. The lowest BCUT2D eigenvalue weighted by Gasteiger charge is -2.22. The average Bonchev–Trinajstić information content (AvgIpc) is 2.38. The van der Waals surface area contributed by atoms with E-state index < -0.39 is 0 Å². The number of benzene rings is 1. The van der Waals surface area contributed by atoms with Crippen LogP contribution in [0.5, 0.6) is 0 Å². The first-order chi connectivity index (χ1) is 8.57. The molecule has 0 bridgehead atoms. The molecule has 0 spiro atoms. The molecule has 3 heteroatoms. The molecule has 1 N–H and O–H groups in total. The van der Waals surface area contributed by atoms with Crippen LogP contribution in [0, 0.1) is 0 Å². The van der Waals surface area contributed by atoms with Crippen molar-refractivity contribution < 1.29 is 4.79 Å². The van der Waals surface area contributed by atoms with E-state index in [1.54, 1.807) is 4.90 Å². The van der Waals surface area contributed by atoms with E-state index in [1.807, 2.05) is 32.3 Å². The smallest absolute Gasteiger partial charge is 0.226 e. The van der Waals surface area contributed by atoms with Crippen molar-refractivity contribution in [3.8, 4) is 0 Å². The molecule has 0 aliphatic carbocycles. The van der Waals surface area contributed by atoms with E-state index in [9.17, 15) is 4.79 Å². The highest BCUT2D eigenvalue weighted by atomic mass is 16.2. The molecule has 0 atom stereocenters. The van der Waals surface area contributed by atoms with Crippen LogP contribution in [0.1, 0.15) is 38.2 Å². The lowest BCUT2D eigenvalue weighted by molar-refractivity contribution is -0.118. The van der Waals surface area contributed by atoms with Crippen LogP contribution in [0.2, 0.25) is 0 Å². The number of para-hydroxylation sites is 1. The topological polar surface area (TPSA) is 32.3 Å². The standard InChI is InChI=1S/C15H24N2O/c1-12(2)13-8-5-6-9-14(13)17(4)15(18)10-7-11-16-3/h5-6,8-9,12,16H,7,10-11H2,1-4H3. The van der Waals surface area contributed by atoms with Gasteiger partial charge in [-0.1, -0.05) is 32.0 Å². The number of rotatable bonds is 6. The lowest BCUT2D eigenvalue weighted by atomic mass is 10.0. The lowest BCUT2D eigenvalue weighted by Crippen LogP contribution is -2.27. The van der Waals surface area contributed by atoms with Crippen molar-refractivity contribution in [2.75, 3.05) is 25.5 Å². The number of nitrogens with one attached hydrogen (secondary N) is 1. The summed E-state index contributed by atoms with van der Waals surface area (Å²) in [6.45, 7) is 5.18. The van der Waals surface area contributed by atoms with Crippen LogP contribution in [0.3, 0.4) is 0 Å². The number of carbonyl (C=O) groups is 1. The Morgan fingerprint density at radius 1 is 1.33 bits per heavy atom. The van der Waals surface area contributed by atoms with Crippen LogP contribution in [0.25, 0.3) is 0 Å². The number of carbonyl (C=O) groups excluding carboxylic acids is 1. The van der Waals surface area contributed by atoms with E-state index in [1.165, 1.54) is 5.56 Å². The van der Waals surface area contributed by atoms with Gasteiger partial charge in [0.2, 0.25) is 5.91 Å². The van der Waals surface area contributed by atoms with Crippen LogP contribution >= 0.6 is 0 Å². The largest absolute Gasteiger partial charge is 0.320 e. The Morgan fingerprint density at radius 3 is 2.61 bits per heavy atom. The number of anilines is 1. The summed E-state index contributed by atoms with van der Waals surface area (Å²) < 4.78 is 0. The molecule has 1 aromatic carbocycles. The maximum absolute atomic E-state index is 12.1. The van der Waals surface area contributed by atoms with Crippen molar-refractivity contribution in [1.82, 2.24) is 5.32 Å². The van der Waals surface area contributed by atoms with Gasteiger partial charge in [0, 0.05) is 19.2 Å².